The zero-order valence-corrected chi connectivity index (χ0v) is 16.0. The van der Waals surface area contributed by atoms with Crippen molar-refractivity contribution in [1.82, 2.24) is 14.8 Å². The van der Waals surface area contributed by atoms with E-state index in [1.807, 2.05) is 25.1 Å². The van der Waals surface area contributed by atoms with Crippen molar-refractivity contribution in [2.45, 2.75) is 13.0 Å². The van der Waals surface area contributed by atoms with Gasteiger partial charge in [-0.3, -0.25) is 14.6 Å². The summed E-state index contributed by atoms with van der Waals surface area (Å²) in [5.41, 5.74) is 0.932. The number of hydrogen-bond donors (Lipinski definition) is 1. The summed E-state index contributed by atoms with van der Waals surface area (Å²) in [5.74, 6) is 0.518. The molecule has 142 valence electrons. The Labute approximate surface area is 157 Å². The lowest BCUT2D eigenvalue weighted by Gasteiger charge is -2.34. The summed E-state index contributed by atoms with van der Waals surface area (Å²) >= 11 is 1.66. The summed E-state index contributed by atoms with van der Waals surface area (Å²) in [5, 5.41) is 11.3. The SMILES string of the molecule is COC(=O)CN1CCN(C[C@@H](O)COc2ccc3sc(C)nc3c2)CC1. The predicted molar refractivity (Wildman–Crippen MR) is 101 cm³/mol. The molecule has 1 saturated heterocycles. The molecule has 0 amide bonds. The van der Waals surface area contributed by atoms with Gasteiger partial charge in [0, 0.05) is 38.8 Å². The number of benzene rings is 1. The smallest absolute Gasteiger partial charge is 0.319 e. The van der Waals surface area contributed by atoms with E-state index in [-0.39, 0.29) is 12.6 Å². The number of thiazole rings is 1. The first-order chi connectivity index (χ1) is 12.5. The summed E-state index contributed by atoms with van der Waals surface area (Å²) in [7, 11) is 1.41. The van der Waals surface area contributed by atoms with E-state index in [9.17, 15) is 9.90 Å². The summed E-state index contributed by atoms with van der Waals surface area (Å²) in [6, 6.07) is 5.83. The van der Waals surface area contributed by atoms with E-state index in [4.69, 9.17) is 9.47 Å². The molecule has 3 rings (SSSR count). The molecule has 1 aliphatic rings. The van der Waals surface area contributed by atoms with Crippen LogP contribution in [-0.4, -0.2) is 84.9 Å². The Bertz CT molecular complexity index is 743. The Morgan fingerprint density at radius 2 is 2.04 bits per heavy atom. The standard InChI is InChI=1S/C18H25N3O4S/c1-13-19-16-9-15(3-4-17(16)26-13)25-12-14(22)10-20-5-7-21(8-6-20)11-18(23)24-2/h3-4,9,14,22H,5-8,10-12H2,1-2H3/t14-/m1/s1. The van der Waals surface area contributed by atoms with Gasteiger partial charge < -0.3 is 14.6 Å². The van der Waals surface area contributed by atoms with Crippen molar-refractivity contribution in [3.63, 3.8) is 0 Å². The van der Waals surface area contributed by atoms with Crippen molar-refractivity contribution in [2.75, 3.05) is 53.0 Å². The first-order valence-electron chi connectivity index (χ1n) is 8.73. The van der Waals surface area contributed by atoms with Crippen LogP contribution in [0.5, 0.6) is 5.75 Å². The second-order valence-corrected chi connectivity index (χ2v) is 7.71. The number of carbonyl (C=O) groups excluding carboxylic acids is 1. The Morgan fingerprint density at radius 1 is 1.31 bits per heavy atom. The third-order valence-electron chi connectivity index (χ3n) is 4.42. The fraction of sp³-hybridized carbons (Fsp3) is 0.556. The number of piperazine rings is 1. The number of aliphatic hydroxyl groups excluding tert-OH is 1. The van der Waals surface area contributed by atoms with Gasteiger partial charge in [-0.1, -0.05) is 0 Å². The molecule has 8 heteroatoms. The van der Waals surface area contributed by atoms with Crippen LogP contribution in [0.1, 0.15) is 5.01 Å². The molecule has 2 aromatic rings. The van der Waals surface area contributed by atoms with E-state index in [2.05, 4.69) is 14.8 Å². The van der Waals surface area contributed by atoms with Crippen LogP contribution in [0.25, 0.3) is 10.2 Å². The zero-order chi connectivity index (χ0) is 18.5. The van der Waals surface area contributed by atoms with Crippen molar-refractivity contribution in [3.8, 4) is 5.75 Å². The number of methoxy groups -OCH3 is 1. The molecular formula is C18H25N3O4S. The van der Waals surface area contributed by atoms with Crippen LogP contribution >= 0.6 is 11.3 Å². The van der Waals surface area contributed by atoms with Crippen molar-refractivity contribution in [3.05, 3.63) is 23.2 Å². The lowest BCUT2D eigenvalue weighted by molar-refractivity contribution is -0.142. The van der Waals surface area contributed by atoms with E-state index < -0.39 is 6.10 Å². The van der Waals surface area contributed by atoms with Crippen LogP contribution in [0.2, 0.25) is 0 Å². The Kier molecular flexibility index (Phi) is 6.42. The molecule has 0 saturated carbocycles. The third kappa shape index (κ3) is 5.14. The molecule has 0 bridgehead atoms. The Hall–Kier alpha value is -1.74. The van der Waals surface area contributed by atoms with Crippen molar-refractivity contribution >= 4 is 27.5 Å². The molecule has 1 N–H and O–H groups in total. The van der Waals surface area contributed by atoms with Crippen LogP contribution in [0.4, 0.5) is 0 Å². The van der Waals surface area contributed by atoms with Crippen LogP contribution in [0, 0.1) is 6.92 Å². The van der Waals surface area contributed by atoms with Crippen LogP contribution in [-0.2, 0) is 9.53 Å². The number of rotatable bonds is 7. The van der Waals surface area contributed by atoms with Crippen molar-refractivity contribution in [1.29, 1.82) is 0 Å². The quantitative estimate of drug-likeness (QED) is 0.723. The predicted octanol–water partition coefficient (Wildman–Crippen LogP) is 1.14. The number of aromatic nitrogens is 1. The van der Waals surface area contributed by atoms with Gasteiger partial charge in [-0.2, -0.15) is 0 Å². The number of β-amino-alcohol motifs (C(OH)–C–C–N with tert-alkyl or cyclic N) is 1. The maximum absolute atomic E-state index is 11.3. The topological polar surface area (TPSA) is 75.1 Å². The van der Waals surface area contributed by atoms with Crippen LogP contribution in [0.15, 0.2) is 18.2 Å². The number of nitrogens with zero attached hydrogens (tertiary/aromatic N) is 3. The number of aliphatic hydroxyl groups is 1. The molecule has 1 aromatic heterocycles. The van der Waals surface area contributed by atoms with Crippen LogP contribution < -0.4 is 4.74 Å². The van der Waals surface area contributed by atoms with E-state index >= 15 is 0 Å². The summed E-state index contributed by atoms with van der Waals surface area (Å²) in [4.78, 5) is 20.0. The van der Waals surface area contributed by atoms with Crippen LogP contribution in [0.3, 0.4) is 0 Å². The normalized spacial score (nSPS) is 17.3. The van der Waals surface area contributed by atoms with Crippen molar-refractivity contribution < 1.29 is 19.4 Å². The molecule has 1 aromatic carbocycles. The van der Waals surface area contributed by atoms with E-state index in [0.717, 1.165) is 47.2 Å². The van der Waals surface area contributed by atoms with Gasteiger partial charge >= 0.3 is 5.97 Å². The first kappa shape index (κ1) is 19.0. The Morgan fingerprint density at radius 3 is 2.77 bits per heavy atom. The molecule has 0 aliphatic carbocycles. The largest absolute Gasteiger partial charge is 0.491 e. The molecule has 1 aliphatic heterocycles. The zero-order valence-electron chi connectivity index (χ0n) is 15.2. The maximum atomic E-state index is 11.3. The minimum Gasteiger partial charge on any atom is -0.491 e. The highest BCUT2D eigenvalue weighted by atomic mass is 32.1. The van der Waals surface area contributed by atoms with E-state index in [1.165, 1.54) is 7.11 Å². The average molecular weight is 379 g/mol. The van der Waals surface area contributed by atoms with Crippen molar-refractivity contribution in [2.24, 2.45) is 0 Å². The molecule has 0 spiro atoms. The minimum absolute atomic E-state index is 0.209. The molecule has 0 radical (unpaired) electrons. The lowest BCUT2D eigenvalue weighted by atomic mass is 10.2. The van der Waals surface area contributed by atoms with Gasteiger partial charge in [0.25, 0.3) is 0 Å². The number of carbonyl (C=O) groups is 1. The highest BCUT2D eigenvalue weighted by Crippen LogP contribution is 2.25. The van der Waals surface area contributed by atoms with Gasteiger partial charge in [0.1, 0.15) is 18.5 Å². The number of fused-ring (bicyclic) bond motifs is 1. The fourth-order valence-corrected chi connectivity index (χ4v) is 3.84. The van der Waals surface area contributed by atoms with Gasteiger partial charge in [-0.05, 0) is 19.1 Å². The maximum Gasteiger partial charge on any atom is 0.319 e. The number of aryl methyl sites for hydroxylation is 1. The molecule has 2 heterocycles. The third-order valence-corrected chi connectivity index (χ3v) is 5.37. The lowest BCUT2D eigenvalue weighted by Crippen LogP contribution is -2.50. The molecule has 1 fully saturated rings. The highest BCUT2D eigenvalue weighted by Gasteiger charge is 2.21. The fourth-order valence-electron chi connectivity index (χ4n) is 3.03. The summed E-state index contributed by atoms with van der Waals surface area (Å²) in [6.45, 7) is 6.34. The molecule has 0 unspecified atom stereocenters. The van der Waals surface area contributed by atoms with Gasteiger partial charge in [0.05, 0.1) is 28.9 Å². The van der Waals surface area contributed by atoms with Gasteiger partial charge in [-0.15, -0.1) is 11.3 Å². The first-order valence-corrected chi connectivity index (χ1v) is 9.54. The van der Waals surface area contributed by atoms with Gasteiger partial charge in [-0.25, -0.2) is 4.98 Å². The number of ether oxygens (including phenoxy) is 2. The molecular weight excluding hydrogens is 354 g/mol. The molecule has 7 nitrogen and oxygen atoms in total. The number of hydrogen-bond acceptors (Lipinski definition) is 8. The monoisotopic (exact) mass is 379 g/mol. The minimum atomic E-state index is -0.560. The van der Waals surface area contributed by atoms with E-state index in [1.54, 1.807) is 11.3 Å². The Balaban J connectivity index is 1.41. The van der Waals surface area contributed by atoms with E-state index in [0.29, 0.717) is 13.1 Å². The second-order valence-electron chi connectivity index (χ2n) is 6.48. The molecule has 26 heavy (non-hydrogen) atoms. The van der Waals surface area contributed by atoms with Gasteiger partial charge in [0.2, 0.25) is 0 Å². The van der Waals surface area contributed by atoms with Gasteiger partial charge in [0.15, 0.2) is 0 Å². The number of esters is 1. The molecule has 1 atom stereocenters. The summed E-state index contributed by atoms with van der Waals surface area (Å²) < 4.78 is 11.6. The average Bonchev–Trinajstić information content (AvgIpc) is 3.00. The highest BCUT2D eigenvalue weighted by molar-refractivity contribution is 7.18. The summed E-state index contributed by atoms with van der Waals surface area (Å²) in [6.07, 6.45) is -0.560. The second kappa shape index (κ2) is 8.77.